The molecule has 24 nitrogen and oxygen atoms in total. The molecule has 16 aliphatic rings. The molecule has 0 aromatic heterocycles. The molecule has 4 aliphatic carbocycles. The van der Waals surface area contributed by atoms with E-state index in [-0.39, 0.29) is 73.2 Å². The van der Waals surface area contributed by atoms with Crippen molar-refractivity contribution in [3.63, 3.8) is 0 Å². The number of epoxide rings is 12. The van der Waals surface area contributed by atoms with E-state index < -0.39 is 21.7 Å². The Kier molecular flexibility index (Phi) is 15.1. The van der Waals surface area contributed by atoms with Gasteiger partial charge in [-0.05, 0) is 62.8 Å². The van der Waals surface area contributed by atoms with E-state index in [9.17, 15) is 0 Å². The van der Waals surface area contributed by atoms with Crippen LogP contribution >= 0.6 is 0 Å². The monoisotopic (exact) mass is 1300 g/mol. The van der Waals surface area contributed by atoms with E-state index in [0.29, 0.717) is 266 Å². The molecule has 4 bridgehead atoms. The molecule has 12 unspecified atom stereocenters. The van der Waals surface area contributed by atoms with Crippen molar-refractivity contribution in [3.05, 3.63) is 70.8 Å². The zero-order valence-electron chi connectivity index (χ0n) is 52.6. The Morgan fingerprint density at radius 2 is 0.362 bits per heavy atom. The lowest BCUT2D eigenvalue weighted by Crippen LogP contribution is -2.67. The molecule has 24 heteroatoms. The minimum Gasteiger partial charge on any atom is -0.491 e. The van der Waals surface area contributed by atoms with Crippen molar-refractivity contribution < 1.29 is 114 Å². The molecule has 12 atom stereocenters. The van der Waals surface area contributed by atoms with E-state index in [2.05, 4.69) is 24.3 Å². The molecule has 504 valence electrons. The highest BCUT2D eigenvalue weighted by Gasteiger charge is 2.72. The summed E-state index contributed by atoms with van der Waals surface area (Å²) in [6, 6.07) is 16.7. The third-order valence-corrected chi connectivity index (χ3v) is 20.4. The maximum Gasteiger partial charge on any atom is 0.165 e. The van der Waals surface area contributed by atoms with E-state index in [1.54, 1.807) is 0 Å². The molecule has 0 spiro atoms. The third-order valence-electron chi connectivity index (χ3n) is 20.4. The minimum absolute atomic E-state index is 0.0417. The van der Waals surface area contributed by atoms with E-state index >= 15 is 0 Å². The smallest absolute Gasteiger partial charge is 0.165 e. The molecule has 94 heavy (non-hydrogen) atoms. The van der Waals surface area contributed by atoms with Crippen molar-refractivity contribution in [2.75, 3.05) is 159 Å². The molecule has 4 aromatic rings. The third kappa shape index (κ3) is 13.6. The summed E-state index contributed by atoms with van der Waals surface area (Å²) in [6.07, 6.45) is 2.56. The predicted octanol–water partition coefficient (Wildman–Crippen LogP) is 5.45. The van der Waals surface area contributed by atoms with Gasteiger partial charge in [0.15, 0.2) is 46.0 Å². The molecule has 4 aromatic carbocycles. The summed E-state index contributed by atoms with van der Waals surface area (Å²) < 4.78 is 155. The molecule has 4 saturated carbocycles. The van der Waals surface area contributed by atoms with E-state index in [0.717, 1.165) is 22.3 Å². The quantitative estimate of drug-likeness (QED) is 0.0501. The van der Waals surface area contributed by atoms with Crippen molar-refractivity contribution in [1.82, 2.24) is 0 Å². The Bertz CT molecular complexity index is 2980. The van der Waals surface area contributed by atoms with Crippen molar-refractivity contribution in [3.8, 4) is 69.0 Å². The predicted molar refractivity (Wildman–Crippen MR) is 323 cm³/mol. The summed E-state index contributed by atoms with van der Waals surface area (Å²) in [5.74, 6) is 7.12. The first-order valence-electron chi connectivity index (χ1n) is 33.9. The Balaban J connectivity index is 0.888. The van der Waals surface area contributed by atoms with Crippen LogP contribution in [0.3, 0.4) is 0 Å². The van der Waals surface area contributed by atoms with Gasteiger partial charge in [0.05, 0.1) is 79.3 Å². The molecule has 12 aliphatic heterocycles. The van der Waals surface area contributed by atoms with Gasteiger partial charge < -0.3 is 114 Å². The van der Waals surface area contributed by atoms with Crippen LogP contribution in [0.25, 0.3) is 0 Å². The van der Waals surface area contributed by atoms with Gasteiger partial charge in [0.2, 0.25) is 0 Å². The molecule has 12 saturated heterocycles. The lowest BCUT2D eigenvalue weighted by molar-refractivity contribution is -0.0727. The fraction of sp³-hybridized carbons (Fsp3) is 0.657. The van der Waals surface area contributed by atoms with Gasteiger partial charge in [0.25, 0.3) is 0 Å². The minimum atomic E-state index is -0.868. The Hall–Kier alpha value is -6.00. The van der Waals surface area contributed by atoms with Gasteiger partial charge in [-0.1, -0.05) is 0 Å². The summed E-state index contributed by atoms with van der Waals surface area (Å²) in [6.45, 7) is 11.0. The van der Waals surface area contributed by atoms with Crippen LogP contribution in [0, 0.1) is 0 Å². The second kappa shape index (κ2) is 23.9. The van der Waals surface area contributed by atoms with Crippen LogP contribution in [0.5, 0.6) is 69.0 Å². The van der Waals surface area contributed by atoms with Gasteiger partial charge in [0.1, 0.15) is 176 Å². The summed E-state index contributed by atoms with van der Waals surface area (Å²) in [5.41, 5.74) is 0.214. The fourth-order valence-electron chi connectivity index (χ4n) is 15.2. The Morgan fingerprint density at radius 3 is 0.521 bits per heavy atom. The maximum absolute atomic E-state index is 7.33. The number of ether oxygens (including phenoxy) is 24. The molecule has 12 heterocycles. The first-order chi connectivity index (χ1) is 46.2. The summed E-state index contributed by atoms with van der Waals surface area (Å²) in [4.78, 5) is 0. The summed E-state index contributed by atoms with van der Waals surface area (Å²) in [5, 5.41) is 0. The molecular weight excluding hydrogens is 1220 g/mol. The molecule has 20 rings (SSSR count). The molecular formula is C70H80O24. The Labute approximate surface area is 543 Å². The average molecular weight is 1310 g/mol. The first kappa shape index (κ1) is 59.3. The fourth-order valence-corrected chi connectivity index (χ4v) is 15.2. The normalized spacial score (nSPS) is 35.9. The molecule has 0 N–H and O–H groups in total. The molecule has 0 amide bonds. The lowest BCUT2D eigenvalue weighted by Gasteiger charge is -2.71. The van der Waals surface area contributed by atoms with Gasteiger partial charge in [-0.2, -0.15) is 0 Å². The largest absolute Gasteiger partial charge is 0.491 e. The second-order valence-corrected chi connectivity index (χ2v) is 28.6. The number of benzene rings is 4. The highest BCUT2D eigenvalue weighted by Crippen LogP contribution is 2.78. The van der Waals surface area contributed by atoms with Crippen molar-refractivity contribution in [2.24, 2.45) is 0 Å². The highest BCUT2D eigenvalue weighted by atomic mass is 16.7. The van der Waals surface area contributed by atoms with Gasteiger partial charge in [-0.3, -0.25) is 0 Å². The van der Waals surface area contributed by atoms with Crippen molar-refractivity contribution >= 4 is 0 Å². The average Bonchev–Trinajstić information content (AvgIpc) is 1.39. The van der Waals surface area contributed by atoms with E-state index in [1.807, 2.05) is 24.3 Å². The standard InChI is InChI=1S/C70H80O24/c1-39(71-9-43-13-75-43)5-59(87-25-47-17-79-47)63(91-29-51-21-83-51)55(1)67-33-68(56-2-40(72-10-44-14-76-44)6-60(88-26-48-18-80-48)64(56)92-30-52-22-84-52)36-69(34-67,57-3-41(73-11-45-15-77-45)7-61(89-27-49-19-81-49)65(57)93-31-53-23-85-53)38-70(35-67,37-68)58-4-42(74-12-46-16-78-46)8-62(90-28-50-20-82-50)66(58)94-32-54-24-86-54/h1-8,43-54H,9-38H2. The van der Waals surface area contributed by atoms with Crippen LogP contribution in [0.15, 0.2) is 48.5 Å². The van der Waals surface area contributed by atoms with E-state index in [4.69, 9.17) is 114 Å². The topological polar surface area (TPSA) is 261 Å². The zero-order valence-corrected chi connectivity index (χ0v) is 52.6. The second-order valence-electron chi connectivity index (χ2n) is 28.6. The van der Waals surface area contributed by atoms with Gasteiger partial charge >= 0.3 is 0 Å². The molecule has 0 radical (unpaired) electrons. The zero-order chi connectivity index (χ0) is 62.0. The summed E-state index contributed by atoms with van der Waals surface area (Å²) >= 11 is 0. The number of rotatable bonds is 40. The maximum atomic E-state index is 7.33. The van der Waals surface area contributed by atoms with Crippen molar-refractivity contribution in [2.45, 2.75) is 133 Å². The van der Waals surface area contributed by atoms with Crippen LogP contribution in [-0.2, 0) is 78.5 Å². The molecule has 16 fully saturated rings. The van der Waals surface area contributed by atoms with Crippen LogP contribution in [-0.4, -0.2) is 232 Å². The first-order valence-corrected chi connectivity index (χ1v) is 33.9. The van der Waals surface area contributed by atoms with Gasteiger partial charge in [0, 0.05) is 68.2 Å². The van der Waals surface area contributed by atoms with Crippen LogP contribution in [0.1, 0.15) is 60.8 Å². The van der Waals surface area contributed by atoms with Crippen LogP contribution in [0.4, 0.5) is 0 Å². The highest BCUT2D eigenvalue weighted by molar-refractivity contribution is 5.66. The van der Waals surface area contributed by atoms with Crippen LogP contribution in [0.2, 0.25) is 0 Å². The SMILES string of the molecule is c1c(OCC2CO2)cc(C23CC4(c5cc(OCC6CO6)cc(OCC6CO6)c5OCC5CO5)CC(c5cc(OCC6CO6)cc(OCC6CO6)c5OCC5CO5)(C2)CC(c2cc(OCC5CO5)cc(OCC5CO5)c2OCC2CO2)(C3)C4)c(OCC2CO2)c1OCC1CO1. The Morgan fingerprint density at radius 1 is 0.213 bits per heavy atom. The van der Waals surface area contributed by atoms with Gasteiger partial charge in [-0.15, -0.1) is 0 Å². The lowest BCUT2D eigenvalue weighted by atomic mass is 9.32. The van der Waals surface area contributed by atoms with Crippen LogP contribution < -0.4 is 56.8 Å². The van der Waals surface area contributed by atoms with Gasteiger partial charge in [-0.25, -0.2) is 0 Å². The summed E-state index contributed by atoms with van der Waals surface area (Å²) in [7, 11) is 0. The van der Waals surface area contributed by atoms with E-state index in [1.165, 1.54) is 0 Å². The number of hydrogen-bond donors (Lipinski definition) is 0. The van der Waals surface area contributed by atoms with Crippen molar-refractivity contribution in [1.29, 1.82) is 0 Å². The number of hydrogen-bond acceptors (Lipinski definition) is 24.